The molecule has 1 aromatic heterocycles. The maximum Gasteiger partial charge on any atom is 0.274 e. The number of nitrogens with one attached hydrogen (secondary N) is 1. The maximum atomic E-state index is 12.6. The SMILES string of the molecule is CN1CCN(c2cnc(C(=O)N3CCNCC3)cn2)C(c2ccccc2)C1. The van der Waals surface area contributed by atoms with Gasteiger partial charge in [-0.05, 0) is 12.6 Å². The number of anilines is 1. The van der Waals surface area contributed by atoms with E-state index in [2.05, 4.69) is 56.4 Å². The van der Waals surface area contributed by atoms with Crippen LogP contribution in [0.25, 0.3) is 0 Å². The predicted octanol–water partition coefficient (Wildman–Crippen LogP) is 1.02. The molecule has 2 saturated heterocycles. The number of carbonyl (C=O) groups excluding carboxylic acids is 1. The second kappa shape index (κ2) is 8.02. The Morgan fingerprint density at radius 3 is 2.52 bits per heavy atom. The van der Waals surface area contributed by atoms with Gasteiger partial charge in [0.05, 0.1) is 18.4 Å². The third kappa shape index (κ3) is 3.94. The zero-order valence-electron chi connectivity index (χ0n) is 15.7. The molecule has 2 aliphatic rings. The normalized spacial score (nSPS) is 21.3. The maximum absolute atomic E-state index is 12.6. The number of nitrogens with zero attached hydrogens (tertiary/aromatic N) is 5. The van der Waals surface area contributed by atoms with Gasteiger partial charge >= 0.3 is 0 Å². The summed E-state index contributed by atoms with van der Waals surface area (Å²) < 4.78 is 0. The molecule has 0 saturated carbocycles. The Labute approximate surface area is 160 Å². The van der Waals surface area contributed by atoms with Gasteiger partial charge in [0, 0.05) is 45.8 Å². The summed E-state index contributed by atoms with van der Waals surface area (Å²) in [5, 5.41) is 3.26. The first kappa shape index (κ1) is 17.9. The molecule has 0 spiro atoms. The van der Waals surface area contributed by atoms with Crippen LogP contribution in [0.3, 0.4) is 0 Å². The number of rotatable bonds is 3. The van der Waals surface area contributed by atoms with E-state index in [1.165, 1.54) is 5.56 Å². The van der Waals surface area contributed by atoms with E-state index in [0.29, 0.717) is 5.69 Å². The van der Waals surface area contributed by atoms with Gasteiger partial charge in [0.2, 0.25) is 0 Å². The quantitative estimate of drug-likeness (QED) is 0.875. The van der Waals surface area contributed by atoms with Crippen molar-refractivity contribution in [3.05, 3.63) is 54.0 Å². The van der Waals surface area contributed by atoms with Crippen molar-refractivity contribution in [3.63, 3.8) is 0 Å². The van der Waals surface area contributed by atoms with Crippen LogP contribution >= 0.6 is 0 Å². The molecule has 142 valence electrons. The average molecular weight is 366 g/mol. The molecule has 7 heteroatoms. The fourth-order valence-electron chi connectivity index (χ4n) is 3.76. The van der Waals surface area contributed by atoms with E-state index < -0.39 is 0 Å². The van der Waals surface area contributed by atoms with Gasteiger partial charge in [-0.25, -0.2) is 9.97 Å². The molecule has 2 fully saturated rings. The molecule has 1 atom stereocenters. The van der Waals surface area contributed by atoms with Crippen molar-refractivity contribution in [2.45, 2.75) is 6.04 Å². The molecule has 2 aliphatic heterocycles. The van der Waals surface area contributed by atoms with Crippen LogP contribution < -0.4 is 10.2 Å². The summed E-state index contributed by atoms with van der Waals surface area (Å²) in [5.74, 6) is 0.794. The molecule has 1 aromatic carbocycles. The summed E-state index contributed by atoms with van der Waals surface area (Å²) in [7, 11) is 2.15. The highest BCUT2D eigenvalue weighted by Gasteiger charge is 2.28. The first-order valence-corrected chi connectivity index (χ1v) is 9.54. The summed E-state index contributed by atoms with van der Waals surface area (Å²) in [6.07, 6.45) is 3.37. The van der Waals surface area contributed by atoms with Crippen molar-refractivity contribution in [2.24, 2.45) is 0 Å². The molecular weight excluding hydrogens is 340 g/mol. The molecule has 1 amide bonds. The van der Waals surface area contributed by atoms with Gasteiger partial charge < -0.3 is 20.0 Å². The Morgan fingerprint density at radius 2 is 1.81 bits per heavy atom. The van der Waals surface area contributed by atoms with E-state index in [9.17, 15) is 4.79 Å². The number of piperazine rings is 2. The minimum absolute atomic E-state index is 0.0338. The monoisotopic (exact) mass is 366 g/mol. The zero-order valence-corrected chi connectivity index (χ0v) is 15.7. The topological polar surface area (TPSA) is 64.6 Å². The minimum atomic E-state index is -0.0338. The second-order valence-corrected chi connectivity index (χ2v) is 7.18. The summed E-state index contributed by atoms with van der Waals surface area (Å²) in [4.78, 5) is 28.1. The zero-order chi connectivity index (χ0) is 18.6. The molecule has 1 unspecified atom stereocenters. The number of hydrogen-bond donors (Lipinski definition) is 1. The summed E-state index contributed by atoms with van der Waals surface area (Å²) >= 11 is 0. The Morgan fingerprint density at radius 1 is 1.04 bits per heavy atom. The number of hydrogen-bond acceptors (Lipinski definition) is 6. The van der Waals surface area contributed by atoms with E-state index >= 15 is 0 Å². The van der Waals surface area contributed by atoms with Gasteiger partial charge in [-0.1, -0.05) is 30.3 Å². The molecule has 0 radical (unpaired) electrons. The Balaban J connectivity index is 1.53. The van der Waals surface area contributed by atoms with Gasteiger partial charge in [-0.3, -0.25) is 4.79 Å². The Kier molecular flexibility index (Phi) is 5.31. The molecule has 0 aliphatic carbocycles. The lowest BCUT2D eigenvalue weighted by Crippen LogP contribution is -2.47. The van der Waals surface area contributed by atoms with Gasteiger partial charge in [0.1, 0.15) is 11.5 Å². The fourth-order valence-corrected chi connectivity index (χ4v) is 3.76. The standard InChI is InChI=1S/C20H26N6O/c1-24-11-12-26(18(15-24)16-5-3-2-4-6-16)19-14-22-17(13-23-19)20(27)25-9-7-21-8-10-25/h2-6,13-14,18,21H,7-12,15H2,1H3. The number of aromatic nitrogens is 2. The highest BCUT2D eigenvalue weighted by atomic mass is 16.2. The average Bonchev–Trinajstić information content (AvgIpc) is 2.74. The van der Waals surface area contributed by atoms with Crippen LogP contribution in [-0.2, 0) is 0 Å². The molecular formula is C20H26N6O. The Hall–Kier alpha value is -2.51. The molecule has 1 N–H and O–H groups in total. The van der Waals surface area contributed by atoms with E-state index in [-0.39, 0.29) is 11.9 Å². The van der Waals surface area contributed by atoms with Gasteiger partial charge in [0.15, 0.2) is 0 Å². The summed E-state index contributed by atoms with van der Waals surface area (Å²) in [5.41, 5.74) is 1.69. The van der Waals surface area contributed by atoms with Crippen molar-refractivity contribution in [1.29, 1.82) is 0 Å². The summed E-state index contributed by atoms with van der Waals surface area (Å²) in [6, 6.07) is 10.7. The number of benzene rings is 1. The first-order chi connectivity index (χ1) is 13.2. The van der Waals surface area contributed by atoms with Gasteiger partial charge in [-0.15, -0.1) is 0 Å². The van der Waals surface area contributed by atoms with Gasteiger partial charge in [-0.2, -0.15) is 0 Å². The molecule has 2 aromatic rings. The van der Waals surface area contributed by atoms with Crippen LogP contribution in [0.4, 0.5) is 5.82 Å². The lowest BCUT2D eigenvalue weighted by Gasteiger charge is -2.41. The first-order valence-electron chi connectivity index (χ1n) is 9.54. The smallest absolute Gasteiger partial charge is 0.274 e. The highest BCUT2D eigenvalue weighted by Crippen LogP contribution is 2.28. The van der Waals surface area contributed by atoms with E-state index in [1.54, 1.807) is 12.4 Å². The van der Waals surface area contributed by atoms with Crippen LogP contribution in [0.5, 0.6) is 0 Å². The van der Waals surface area contributed by atoms with Crippen LogP contribution in [0, 0.1) is 0 Å². The van der Waals surface area contributed by atoms with E-state index in [0.717, 1.165) is 51.6 Å². The fraction of sp³-hybridized carbons (Fsp3) is 0.450. The minimum Gasteiger partial charge on any atom is -0.346 e. The third-order valence-electron chi connectivity index (χ3n) is 5.32. The van der Waals surface area contributed by atoms with E-state index in [4.69, 9.17) is 0 Å². The molecule has 0 bridgehead atoms. The van der Waals surface area contributed by atoms with Crippen molar-refractivity contribution in [2.75, 3.05) is 57.8 Å². The van der Waals surface area contributed by atoms with Crippen molar-refractivity contribution >= 4 is 11.7 Å². The number of amides is 1. The molecule has 7 nitrogen and oxygen atoms in total. The predicted molar refractivity (Wildman–Crippen MR) is 105 cm³/mol. The number of carbonyl (C=O) groups is 1. The van der Waals surface area contributed by atoms with Crippen LogP contribution in [-0.4, -0.2) is 78.5 Å². The van der Waals surface area contributed by atoms with Gasteiger partial charge in [0.25, 0.3) is 5.91 Å². The van der Waals surface area contributed by atoms with Crippen LogP contribution in [0.2, 0.25) is 0 Å². The molecule has 3 heterocycles. The third-order valence-corrected chi connectivity index (χ3v) is 5.32. The lowest BCUT2D eigenvalue weighted by atomic mass is 10.0. The van der Waals surface area contributed by atoms with Crippen LogP contribution in [0.15, 0.2) is 42.7 Å². The highest BCUT2D eigenvalue weighted by molar-refractivity contribution is 5.92. The molecule has 27 heavy (non-hydrogen) atoms. The lowest BCUT2D eigenvalue weighted by molar-refractivity contribution is 0.0729. The molecule has 4 rings (SSSR count). The van der Waals surface area contributed by atoms with Crippen molar-refractivity contribution < 1.29 is 4.79 Å². The summed E-state index contributed by atoms with van der Waals surface area (Å²) in [6.45, 7) is 5.90. The largest absolute Gasteiger partial charge is 0.346 e. The van der Waals surface area contributed by atoms with Crippen molar-refractivity contribution in [3.8, 4) is 0 Å². The Bertz CT molecular complexity index is 760. The second-order valence-electron chi connectivity index (χ2n) is 7.18. The number of likely N-dealkylation sites (N-methyl/N-ethyl adjacent to an activating group) is 1. The van der Waals surface area contributed by atoms with E-state index in [1.807, 2.05) is 11.0 Å². The van der Waals surface area contributed by atoms with Crippen molar-refractivity contribution in [1.82, 2.24) is 25.1 Å². The van der Waals surface area contributed by atoms with Crippen LogP contribution in [0.1, 0.15) is 22.1 Å².